The van der Waals surface area contributed by atoms with Gasteiger partial charge in [-0.25, -0.2) is 9.78 Å². The maximum absolute atomic E-state index is 13.2. The number of fused-ring (bicyclic) bond motifs is 1. The zero-order valence-corrected chi connectivity index (χ0v) is 19.1. The van der Waals surface area contributed by atoms with Crippen molar-refractivity contribution in [3.8, 4) is 11.5 Å². The number of rotatable bonds is 8. The molecule has 0 aliphatic carbocycles. The molecule has 0 aliphatic rings. The van der Waals surface area contributed by atoms with Gasteiger partial charge >= 0.3 is 5.69 Å². The number of aryl methyl sites for hydroxylation is 2. The lowest BCUT2D eigenvalue weighted by Gasteiger charge is -2.20. The summed E-state index contributed by atoms with van der Waals surface area (Å²) in [5.74, 6) is 1.52. The van der Waals surface area contributed by atoms with Crippen molar-refractivity contribution in [1.29, 1.82) is 0 Å². The van der Waals surface area contributed by atoms with Crippen LogP contribution in [-0.4, -0.2) is 38.8 Å². The molecule has 0 spiro atoms. The van der Waals surface area contributed by atoms with Crippen molar-refractivity contribution in [1.82, 2.24) is 24.0 Å². The first kappa shape index (κ1) is 22.2. The third-order valence-electron chi connectivity index (χ3n) is 5.67. The van der Waals surface area contributed by atoms with E-state index in [0.717, 1.165) is 16.6 Å². The number of carbonyl (C=O) groups excluding carboxylic acids is 1. The fraction of sp³-hybridized carbons (Fsp3) is 0.292. The van der Waals surface area contributed by atoms with Crippen LogP contribution in [0, 0.1) is 0 Å². The topological polar surface area (TPSA) is 92.3 Å². The van der Waals surface area contributed by atoms with Crippen LogP contribution in [0.2, 0.25) is 0 Å². The lowest BCUT2D eigenvalue weighted by Crippen LogP contribution is -2.36. The summed E-state index contributed by atoms with van der Waals surface area (Å²) >= 11 is 0. The Bertz CT molecular complexity index is 1330. The summed E-state index contributed by atoms with van der Waals surface area (Å²) in [5.41, 5.74) is 2.05. The second-order valence-corrected chi connectivity index (χ2v) is 7.64. The highest BCUT2D eigenvalue weighted by Crippen LogP contribution is 2.29. The van der Waals surface area contributed by atoms with Crippen molar-refractivity contribution in [2.24, 2.45) is 7.05 Å². The zero-order valence-electron chi connectivity index (χ0n) is 19.1. The molecule has 2 aromatic carbocycles. The van der Waals surface area contributed by atoms with Crippen molar-refractivity contribution in [3.63, 3.8) is 0 Å². The first-order chi connectivity index (χ1) is 16.0. The number of aromatic nitrogens is 4. The molecule has 0 unspecified atom stereocenters. The maximum atomic E-state index is 13.2. The van der Waals surface area contributed by atoms with E-state index in [1.54, 1.807) is 31.0 Å². The Balaban J connectivity index is 1.71. The number of benzene rings is 2. The Morgan fingerprint density at radius 2 is 1.70 bits per heavy atom. The number of methoxy groups -OCH3 is 2. The van der Waals surface area contributed by atoms with Gasteiger partial charge in [0.25, 0.3) is 0 Å². The SMILES string of the molecule is CCn1c(=O)n(CC(=O)N[C@H](c2cc(OC)cc(OC)c2)c2nccn2C)c2ccccc21. The van der Waals surface area contributed by atoms with Gasteiger partial charge in [-0.3, -0.25) is 13.9 Å². The molecule has 2 heterocycles. The van der Waals surface area contributed by atoms with Gasteiger partial charge in [-0.15, -0.1) is 0 Å². The summed E-state index contributed by atoms with van der Waals surface area (Å²) in [4.78, 5) is 30.6. The molecule has 1 amide bonds. The fourth-order valence-corrected chi connectivity index (χ4v) is 4.03. The molecule has 1 atom stereocenters. The lowest BCUT2D eigenvalue weighted by molar-refractivity contribution is -0.122. The summed E-state index contributed by atoms with van der Waals surface area (Å²) in [7, 11) is 5.00. The molecule has 1 N–H and O–H groups in total. The Morgan fingerprint density at radius 1 is 1.06 bits per heavy atom. The molecule has 172 valence electrons. The van der Waals surface area contributed by atoms with Crippen LogP contribution in [0.4, 0.5) is 0 Å². The van der Waals surface area contributed by atoms with E-state index < -0.39 is 6.04 Å². The average molecular weight is 450 g/mol. The smallest absolute Gasteiger partial charge is 0.329 e. The van der Waals surface area contributed by atoms with Crippen molar-refractivity contribution in [2.45, 2.75) is 26.1 Å². The van der Waals surface area contributed by atoms with Gasteiger partial charge in [-0.1, -0.05) is 12.1 Å². The Labute approximate surface area is 191 Å². The van der Waals surface area contributed by atoms with Crippen LogP contribution in [0.1, 0.15) is 24.4 Å². The highest BCUT2D eigenvalue weighted by Gasteiger charge is 2.23. The van der Waals surface area contributed by atoms with E-state index in [-0.39, 0.29) is 18.1 Å². The Morgan fingerprint density at radius 3 is 2.24 bits per heavy atom. The van der Waals surface area contributed by atoms with Gasteiger partial charge in [-0.05, 0) is 36.8 Å². The second-order valence-electron chi connectivity index (χ2n) is 7.64. The summed E-state index contributed by atoms with van der Waals surface area (Å²) in [5, 5.41) is 3.04. The van der Waals surface area contributed by atoms with Crippen LogP contribution in [0.15, 0.2) is 59.7 Å². The molecule has 0 aliphatic heterocycles. The van der Waals surface area contributed by atoms with Gasteiger partial charge in [0.15, 0.2) is 0 Å². The maximum Gasteiger partial charge on any atom is 0.329 e. The molecule has 9 heteroatoms. The van der Waals surface area contributed by atoms with Gasteiger partial charge in [0.2, 0.25) is 5.91 Å². The second kappa shape index (κ2) is 9.23. The van der Waals surface area contributed by atoms with Crippen LogP contribution in [-0.2, 0) is 24.9 Å². The lowest BCUT2D eigenvalue weighted by atomic mass is 10.0. The fourth-order valence-electron chi connectivity index (χ4n) is 4.03. The molecular formula is C24H27N5O4. The number of hydrogen-bond donors (Lipinski definition) is 1. The van der Waals surface area contributed by atoms with E-state index in [1.165, 1.54) is 4.57 Å². The molecule has 4 rings (SSSR count). The van der Waals surface area contributed by atoms with Gasteiger partial charge in [0.1, 0.15) is 29.9 Å². The molecule has 0 radical (unpaired) electrons. The number of hydrogen-bond acceptors (Lipinski definition) is 5. The summed E-state index contributed by atoms with van der Waals surface area (Å²) < 4.78 is 15.8. The van der Waals surface area contributed by atoms with Crippen LogP contribution >= 0.6 is 0 Å². The standard InChI is InChI=1S/C24H27N5O4/c1-5-28-19-8-6-7-9-20(19)29(24(28)31)15-21(30)26-22(23-25-10-11-27(23)2)16-12-17(32-3)14-18(13-16)33-4/h6-14,22H,5,15H2,1-4H3,(H,26,30)/t22-/m1/s1. The number of imidazole rings is 2. The van der Waals surface area contributed by atoms with Crippen molar-refractivity contribution < 1.29 is 14.3 Å². The normalized spacial score (nSPS) is 12.0. The van der Waals surface area contributed by atoms with Crippen molar-refractivity contribution in [3.05, 3.63) is 76.7 Å². The number of carbonyl (C=O) groups is 1. The molecule has 9 nitrogen and oxygen atoms in total. The molecule has 0 bridgehead atoms. The van der Waals surface area contributed by atoms with Gasteiger partial charge in [0.05, 0.1) is 25.3 Å². The van der Waals surface area contributed by atoms with E-state index in [4.69, 9.17) is 9.47 Å². The van der Waals surface area contributed by atoms with Gasteiger partial charge in [0, 0.05) is 32.1 Å². The molecule has 0 fully saturated rings. The van der Waals surface area contributed by atoms with E-state index in [2.05, 4.69) is 10.3 Å². The highest BCUT2D eigenvalue weighted by atomic mass is 16.5. The number of nitrogens with zero attached hydrogens (tertiary/aromatic N) is 4. The third kappa shape index (κ3) is 4.21. The largest absolute Gasteiger partial charge is 0.497 e. The molecule has 4 aromatic rings. The van der Waals surface area contributed by atoms with E-state index in [1.807, 2.05) is 61.1 Å². The van der Waals surface area contributed by atoms with Gasteiger partial charge in [-0.2, -0.15) is 0 Å². The number of amides is 1. The van der Waals surface area contributed by atoms with Crippen molar-refractivity contribution >= 4 is 16.9 Å². The van der Waals surface area contributed by atoms with Crippen LogP contribution < -0.4 is 20.5 Å². The average Bonchev–Trinajstić information content (AvgIpc) is 3.37. The third-order valence-corrected chi connectivity index (χ3v) is 5.67. The molecular weight excluding hydrogens is 422 g/mol. The predicted molar refractivity (Wildman–Crippen MR) is 125 cm³/mol. The summed E-state index contributed by atoms with van der Waals surface area (Å²) in [6.45, 7) is 2.31. The van der Waals surface area contributed by atoms with Crippen LogP contribution in [0.25, 0.3) is 11.0 Å². The van der Waals surface area contributed by atoms with Gasteiger partial charge < -0.3 is 19.4 Å². The zero-order chi connectivity index (χ0) is 23.5. The number of para-hydroxylation sites is 2. The molecule has 0 saturated carbocycles. The number of nitrogens with one attached hydrogen (secondary N) is 1. The Hall–Kier alpha value is -4.01. The minimum absolute atomic E-state index is 0.117. The Kier molecular flexibility index (Phi) is 6.21. The van der Waals surface area contributed by atoms with E-state index in [0.29, 0.717) is 23.9 Å². The summed E-state index contributed by atoms with van der Waals surface area (Å²) in [6.07, 6.45) is 3.48. The van der Waals surface area contributed by atoms with Crippen LogP contribution in [0.5, 0.6) is 11.5 Å². The molecule has 33 heavy (non-hydrogen) atoms. The van der Waals surface area contributed by atoms with E-state index in [9.17, 15) is 9.59 Å². The first-order valence-electron chi connectivity index (χ1n) is 10.6. The molecule has 2 aromatic heterocycles. The van der Waals surface area contributed by atoms with E-state index >= 15 is 0 Å². The predicted octanol–water partition coefficient (Wildman–Crippen LogP) is 2.48. The van der Waals surface area contributed by atoms with Crippen molar-refractivity contribution in [2.75, 3.05) is 14.2 Å². The van der Waals surface area contributed by atoms with Crippen LogP contribution in [0.3, 0.4) is 0 Å². The highest BCUT2D eigenvalue weighted by molar-refractivity contribution is 5.81. The minimum atomic E-state index is -0.572. The summed E-state index contributed by atoms with van der Waals surface area (Å²) in [6, 6.07) is 12.3. The first-order valence-corrected chi connectivity index (χ1v) is 10.6. The number of ether oxygens (including phenoxy) is 2. The molecule has 0 saturated heterocycles. The minimum Gasteiger partial charge on any atom is -0.497 e. The monoisotopic (exact) mass is 449 g/mol. The quantitative estimate of drug-likeness (QED) is 0.446.